The zero-order chi connectivity index (χ0) is 16.2. The average molecular weight is 318 g/mol. The van der Waals surface area contributed by atoms with Gasteiger partial charge in [0.2, 0.25) is 0 Å². The molecule has 0 aromatic carbocycles. The molecule has 3 heterocycles. The van der Waals surface area contributed by atoms with E-state index in [-0.39, 0.29) is 6.10 Å². The van der Waals surface area contributed by atoms with Gasteiger partial charge in [-0.1, -0.05) is 0 Å². The van der Waals surface area contributed by atoms with Gasteiger partial charge in [0.25, 0.3) is 0 Å². The van der Waals surface area contributed by atoms with E-state index in [1.54, 1.807) is 10.9 Å². The van der Waals surface area contributed by atoms with E-state index >= 15 is 0 Å². The Hall–Kier alpha value is -1.73. The third-order valence-corrected chi connectivity index (χ3v) is 4.42. The lowest BCUT2D eigenvalue weighted by Gasteiger charge is -2.34. The van der Waals surface area contributed by atoms with Crippen molar-refractivity contribution >= 4 is 0 Å². The maximum Gasteiger partial charge on any atom is 0.147 e. The van der Waals surface area contributed by atoms with Crippen LogP contribution >= 0.6 is 0 Å². The van der Waals surface area contributed by atoms with Crippen LogP contribution in [0.25, 0.3) is 0 Å². The molecule has 3 rings (SSSR count). The van der Waals surface area contributed by atoms with Crippen molar-refractivity contribution in [3.05, 3.63) is 30.1 Å². The molecule has 2 aromatic rings. The molecule has 1 fully saturated rings. The van der Waals surface area contributed by atoms with Crippen molar-refractivity contribution in [2.75, 3.05) is 19.6 Å². The Labute approximate surface area is 136 Å². The predicted octanol–water partition coefficient (Wildman–Crippen LogP) is 0.865. The van der Waals surface area contributed by atoms with E-state index in [1.807, 2.05) is 30.8 Å². The van der Waals surface area contributed by atoms with Crippen molar-refractivity contribution in [1.82, 2.24) is 29.4 Å². The summed E-state index contributed by atoms with van der Waals surface area (Å²) in [5, 5.41) is 18.9. The number of aliphatic hydroxyl groups excluding tert-OH is 1. The molecule has 0 unspecified atom stereocenters. The zero-order valence-corrected chi connectivity index (χ0v) is 14.0. The summed E-state index contributed by atoms with van der Waals surface area (Å²) in [5.74, 6) is 2.39. The number of aliphatic hydroxyl groups is 1. The van der Waals surface area contributed by atoms with Crippen LogP contribution in [-0.2, 0) is 13.1 Å². The standard InChI is InChI=1S/C16H26N6O/c1-13-18-14(2)22(19-13)10-15-5-3-7-20(9-15)11-16(23)12-21-8-4-6-17-21/h4,6,8,15-16,23H,3,5,7,9-12H2,1-2H3/t15-,16-/m1/s1. The van der Waals surface area contributed by atoms with Crippen LogP contribution in [0, 0.1) is 19.8 Å². The van der Waals surface area contributed by atoms with Crippen molar-refractivity contribution in [3.63, 3.8) is 0 Å². The highest BCUT2D eigenvalue weighted by atomic mass is 16.3. The first kappa shape index (κ1) is 16.1. The summed E-state index contributed by atoms with van der Waals surface area (Å²) < 4.78 is 3.80. The maximum atomic E-state index is 10.3. The number of aryl methyl sites for hydroxylation is 2. The molecule has 0 amide bonds. The lowest BCUT2D eigenvalue weighted by Crippen LogP contribution is -2.42. The van der Waals surface area contributed by atoms with Crippen LogP contribution in [0.4, 0.5) is 0 Å². The van der Waals surface area contributed by atoms with Gasteiger partial charge in [0.05, 0.1) is 12.6 Å². The van der Waals surface area contributed by atoms with Gasteiger partial charge in [0.15, 0.2) is 0 Å². The van der Waals surface area contributed by atoms with Gasteiger partial charge in [-0.15, -0.1) is 0 Å². The molecule has 1 aliphatic rings. The summed E-state index contributed by atoms with van der Waals surface area (Å²) >= 11 is 0. The monoisotopic (exact) mass is 318 g/mol. The fourth-order valence-electron chi connectivity index (χ4n) is 3.43. The molecule has 23 heavy (non-hydrogen) atoms. The lowest BCUT2D eigenvalue weighted by molar-refractivity contribution is 0.0680. The van der Waals surface area contributed by atoms with Crippen LogP contribution in [0.5, 0.6) is 0 Å². The number of likely N-dealkylation sites (tertiary alicyclic amines) is 1. The van der Waals surface area contributed by atoms with Crippen molar-refractivity contribution in [2.24, 2.45) is 5.92 Å². The molecule has 0 spiro atoms. The molecule has 0 saturated carbocycles. The van der Waals surface area contributed by atoms with Crippen molar-refractivity contribution < 1.29 is 5.11 Å². The van der Waals surface area contributed by atoms with E-state index in [0.29, 0.717) is 19.0 Å². The summed E-state index contributed by atoms with van der Waals surface area (Å²) in [6, 6.07) is 1.88. The Balaban J connectivity index is 1.50. The quantitative estimate of drug-likeness (QED) is 0.855. The van der Waals surface area contributed by atoms with E-state index in [2.05, 4.69) is 20.1 Å². The second-order valence-corrected chi connectivity index (χ2v) is 6.54. The lowest BCUT2D eigenvalue weighted by atomic mass is 9.97. The maximum absolute atomic E-state index is 10.3. The highest BCUT2D eigenvalue weighted by molar-refractivity contribution is 4.88. The Morgan fingerprint density at radius 3 is 2.91 bits per heavy atom. The molecule has 7 nitrogen and oxygen atoms in total. The van der Waals surface area contributed by atoms with E-state index in [1.165, 1.54) is 12.8 Å². The van der Waals surface area contributed by atoms with Gasteiger partial charge in [-0.3, -0.25) is 4.68 Å². The summed E-state index contributed by atoms with van der Waals surface area (Å²) in [6.07, 6.45) is 5.63. The van der Waals surface area contributed by atoms with Crippen LogP contribution in [0.3, 0.4) is 0 Å². The summed E-state index contributed by atoms with van der Waals surface area (Å²) in [6.45, 7) is 8.17. The largest absolute Gasteiger partial charge is 0.390 e. The molecular formula is C16H26N6O. The van der Waals surface area contributed by atoms with Gasteiger partial charge in [-0.2, -0.15) is 10.2 Å². The number of hydrogen-bond acceptors (Lipinski definition) is 5. The number of β-amino-alcohol motifs (C(OH)–C–C–N with tert-alkyl or cyclic N) is 1. The Morgan fingerprint density at radius 2 is 2.22 bits per heavy atom. The number of rotatable bonds is 6. The minimum Gasteiger partial charge on any atom is -0.390 e. The molecule has 0 radical (unpaired) electrons. The van der Waals surface area contributed by atoms with Crippen LogP contribution in [0.15, 0.2) is 18.5 Å². The number of aromatic nitrogens is 5. The van der Waals surface area contributed by atoms with E-state index in [0.717, 1.165) is 31.3 Å². The zero-order valence-electron chi connectivity index (χ0n) is 14.0. The Morgan fingerprint density at radius 1 is 1.35 bits per heavy atom. The highest BCUT2D eigenvalue weighted by Crippen LogP contribution is 2.19. The number of hydrogen-bond donors (Lipinski definition) is 1. The third-order valence-electron chi connectivity index (χ3n) is 4.42. The molecule has 0 bridgehead atoms. The minimum atomic E-state index is -0.385. The predicted molar refractivity (Wildman–Crippen MR) is 86.9 cm³/mol. The molecule has 1 saturated heterocycles. The first-order valence-electron chi connectivity index (χ1n) is 8.36. The first-order chi connectivity index (χ1) is 11.1. The molecular weight excluding hydrogens is 292 g/mol. The van der Waals surface area contributed by atoms with Gasteiger partial charge < -0.3 is 10.0 Å². The fraction of sp³-hybridized carbons (Fsp3) is 0.688. The van der Waals surface area contributed by atoms with Crippen molar-refractivity contribution in [3.8, 4) is 0 Å². The summed E-state index contributed by atoms with van der Waals surface area (Å²) in [4.78, 5) is 6.74. The smallest absolute Gasteiger partial charge is 0.147 e. The second-order valence-electron chi connectivity index (χ2n) is 6.54. The normalized spacial score (nSPS) is 20.7. The van der Waals surface area contributed by atoms with Crippen LogP contribution in [-0.4, -0.2) is 60.3 Å². The molecule has 1 aliphatic heterocycles. The minimum absolute atomic E-state index is 0.385. The van der Waals surface area contributed by atoms with E-state index < -0.39 is 0 Å². The van der Waals surface area contributed by atoms with Gasteiger partial charge in [0.1, 0.15) is 11.6 Å². The van der Waals surface area contributed by atoms with Crippen LogP contribution < -0.4 is 0 Å². The fourth-order valence-corrected chi connectivity index (χ4v) is 3.43. The van der Waals surface area contributed by atoms with Crippen molar-refractivity contribution in [2.45, 2.75) is 45.9 Å². The molecule has 7 heteroatoms. The highest BCUT2D eigenvalue weighted by Gasteiger charge is 2.23. The Bertz CT molecular complexity index is 608. The molecule has 126 valence electrons. The Kier molecular flexibility index (Phi) is 5.07. The molecule has 0 aliphatic carbocycles. The molecule has 2 aromatic heterocycles. The van der Waals surface area contributed by atoms with Crippen LogP contribution in [0.2, 0.25) is 0 Å². The van der Waals surface area contributed by atoms with Gasteiger partial charge in [0, 0.05) is 32.0 Å². The third kappa shape index (κ3) is 4.39. The number of piperidine rings is 1. The van der Waals surface area contributed by atoms with Crippen LogP contribution in [0.1, 0.15) is 24.5 Å². The van der Waals surface area contributed by atoms with Gasteiger partial charge in [-0.25, -0.2) is 9.67 Å². The van der Waals surface area contributed by atoms with Crippen molar-refractivity contribution in [1.29, 1.82) is 0 Å². The van der Waals surface area contributed by atoms with E-state index in [9.17, 15) is 5.11 Å². The number of nitrogens with zero attached hydrogens (tertiary/aromatic N) is 6. The second kappa shape index (κ2) is 7.23. The van der Waals surface area contributed by atoms with E-state index in [4.69, 9.17) is 0 Å². The van der Waals surface area contributed by atoms with Gasteiger partial charge >= 0.3 is 0 Å². The van der Waals surface area contributed by atoms with Gasteiger partial charge in [-0.05, 0) is 45.2 Å². The SMILES string of the molecule is Cc1nc(C)n(C[C@@H]2CCCN(C[C@@H](O)Cn3cccn3)C2)n1. The summed E-state index contributed by atoms with van der Waals surface area (Å²) in [5.41, 5.74) is 0. The topological polar surface area (TPSA) is 72.0 Å². The first-order valence-corrected chi connectivity index (χ1v) is 8.36. The molecule has 2 atom stereocenters. The summed E-state index contributed by atoms with van der Waals surface area (Å²) in [7, 11) is 0. The average Bonchev–Trinajstić information content (AvgIpc) is 3.09. The molecule has 1 N–H and O–H groups in total.